The molecular weight excluding hydrogens is 360 g/mol. The maximum absolute atomic E-state index is 10.2. The highest BCUT2D eigenvalue weighted by atomic mass is 16.3. The summed E-state index contributed by atoms with van der Waals surface area (Å²) in [5.41, 5.74) is 5.68. The quantitative estimate of drug-likeness (QED) is 0.433. The fraction of sp³-hybridized carbons (Fsp3) is 0.440. The van der Waals surface area contributed by atoms with Crippen LogP contribution in [-0.2, 0) is 0 Å². The van der Waals surface area contributed by atoms with Crippen LogP contribution >= 0.6 is 0 Å². The minimum Gasteiger partial charge on any atom is -0.507 e. The van der Waals surface area contributed by atoms with E-state index in [1.54, 1.807) is 12.4 Å². The summed E-state index contributed by atoms with van der Waals surface area (Å²) >= 11 is 0. The number of phenols is 2. The normalized spacial score (nSPS) is 12.1. The van der Waals surface area contributed by atoms with Gasteiger partial charge in [-0.25, -0.2) is 0 Å². The number of aryl methyl sites for hydroxylation is 2. The Labute approximate surface area is 175 Å². The molecule has 4 nitrogen and oxygen atoms in total. The molecule has 0 amide bonds. The first-order valence-corrected chi connectivity index (χ1v) is 10.4. The van der Waals surface area contributed by atoms with Crippen LogP contribution in [0.15, 0.2) is 34.3 Å². The summed E-state index contributed by atoms with van der Waals surface area (Å²) in [7, 11) is 0. The topological polar surface area (TPSA) is 65.2 Å². The SMILES string of the molecule is Cc1cc(C(C)C)cc(C=NCCCN=Cc2cc(C(C)C)cc(C)c2O)c1O. The molecule has 0 aliphatic heterocycles. The Balaban J connectivity index is 1.94. The summed E-state index contributed by atoms with van der Waals surface area (Å²) in [6.45, 7) is 13.7. The molecule has 0 spiro atoms. The number of rotatable bonds is 8. The zero-order chi connectivity index (χ0) is 21.6. The second-order valence-electron chi connectivity index (χ2n) is 8.28. The maximum atomic E-state index is 10.2. The maximum Gasteiger partial charge on any atom is 0.127 e. The Hall–Kier alpha value is -2.62. The van der Waals surface area contributed by atoms with E-state index in [1.807, 2.05) is 38.1 Å². The van der Waals surface area contributed by atoms with Crippen molar-refractivity contribution in [2.75, 3.05) is 13.1 Å². The molecule has 2 aromatic carbocycles. The average molecular weight is 395 g/mol. The zero-order valence-electron chi connectivity index (χ0n) is 18.5. The zero-order valence-corrected chi connectivity index (χ0v) is 18.5. The molecule has 2 aromatic rings. The highest BCUT2D eigenvalue weighted by Crippen LogP contribution is 2.27. The third-order valence-electron chi connectivity index (χ3n) is 5.07. The Morgan fingerprint density at radius 3 is 1.45 bits per heavy atom. The molecule has 0 aromatic heterocycles. The number of hydrogen-bond donors (Lipinski definition) is 2. The Morgan fingerprint density at radius 1 is 0.724 bits per heavy atom. The van der Waals surface area contributed by atoms with Crippen molar-refractivity contribution in [2.24, 2.45) is 9.98 Å². The Kier molecular flexibility index (Phi) is 8.00. The van der Waals surface area contributed by atoms with Crippen molar-refractivity contribution in [1.82, 2.24) is 0 Å². The molecule has 0 radical (unpaired) electrons. The second kappa shape index (κ2) is 10.2. The van der Waals surface area contributed by atoms with Gasteiger partial charge in [-0.1, -0.05) is 39.8 Å². The van der Waals surface area contributed by atoms with E-state index in [1.165, 1.54) is 11.1 Å². The highest BCUT2D eigenvalue weighted by molar-refractivity contribution is 5.85. The first-order chi connectivity index (χ1) is 13.7. The van der Waals surface area contributed by atoms with Crippen LogP contribution < -0.4 is 0 Å². The molecule has 0 aliphatic carbocycles. The summed E-state index contributed by atoms with van der Waals surface area (Å²) in [6.07, 6.45) is 4.30. The molecule has 0 heterocycles. The third-order valence-corrected chi connectivity index (χ3v) is 5.07. The lowest BCUT2D eigenvalue weighted by molar-refractivity contribution is 0.469. The molecule has 4 heteroatoms. The molecule has 0 atom stereocenters. The average Bonchev–Trinajstić information content (AvgIpc) is 2.66. The van der Waals surface area contributed by atoms with Gasteiger partial charge < -0.3 is 10.2 Å². The Morgan fingerprint density at radius 2 is 1.10 bits per heavy atom. The third kappa shape index (κ3) is 6.18. The summed E-state index contributed by atoms with van der Waals surface area (Å²) in [5.74, 6) is 1.41. The molecule has 0 bridgehead atoms. The number of benzene rings is 2. The minimum absolute atomic E-state index is 0.298. The van der Waals surface area contributed by atoms with Crippen LogP contribution in [-0.4, -0.2) is 35.7 Å². The Bertz CT molecular complexity index is 823. The van der Waals surface area contributed by atoms with Gasteiger partial charge in [0.15, 0.2) is 0 Å². The first kappa shape index (κ1) is 22.7. The van der Waals surface area contributed by atoms with Crippen LogP contribution in [0.5, 0.6) is 11.5 Å². The molecule has 2 N–H and O–H groups in total. The van der Waals surface area contributed by atoms with Crippen LogP contribution in [0.3, 0.4) is 0 Å². The number of aromatic hydroxyl groups is 2. The van der Waals surface area contributed by atoms with Gasteiger partial charge in [0, 0.05) is 36.6 Å². The summed E-state index contributed by atoms with van der Waals surface area (Å²) in [6, 6.07) is 8.05. The molecular formula is C25H34N2O2. The van der Waals surface area contributed by atoms with Crippen LogP contribution in [0.4, 0.5) is 0 Å². The predicted molar refractivity (Wildman–Crippen MR) is 123 cm³/mol. The number of nitrogens with zero attached hydrogens (tertiary/aromatic N) is 2. The monoisotopic (exact) mass is 394 g/mol. The lowest BCUT2D eigenvalue weighted by Gasteiger charge is -2.10. The highest BCUT2D eigenvalue weighted by Gasteiger charge is 2.08. The molecule has 29 heavy (non-hydrogen) atoms. The van der Waals surface area contributed by atoms with E-state index < -0.39 is 0 Å². The van der Waals surface area contributed by atoms with Gasteiger partial charge in [0.2, 0.25) is 0 Å². The van der Waals surface area contributed by atoms with Crippen molar-refractivity contribution in [2.45, 2.75) is 59.8 Å². The molecule has 0 saturated heterocycles. The van der Waals surface area contributed by atoms with Gasteiger partial charge in [-0.3, -0.25) is 9.98 Å². The number of phenolic OH excluding ortho intramolecular Hbond substituents is 2. The van der Waals surface area contributed by atoms with Gasteiger partial charge >= 0.3 is 0 Å². The molecule has 0 fully saturated rings. The molecule has 2 rings (SSSR count). The van der Waals surface area contributed by atoms with Gasteiger partial charge in [-0.15, -0.1) is 0 Å². The minimum atomic E-state index is 0.298. The predicted octanol–water partition coefficient (Wildman–Crippen LogP) is 5.89. The number of aliphatic imine (C=N–C) groups is 2. The van der Waals surface area contributed by atoms with E-state index in [0.717, 1.165) is 28.7 Å². The molecule has 0 aliphatic rings. The van der Waals surface area contributed by atoms with E-state index in [4.69, 9.17) is 0 Å². The lowest BCUT2D eigenvalue weighted by Crippen LogP contribution is -1.96. The van der Waals surface area contributed by atoms with E-state index in [0.29, 0.717) is 36.4 Å². The van der Waals surface area contributed by atoms with E-state index in [-0.39, 0.29) is 0 Å². The fourth-order valence-electron chi connectivity index (χ4n) is 3.11. The van der Waals surface area contributed by atoms with Gasteiger partial charge in [0.25, 0.3) is 0 Å². The van der Waals surface area contributed by atoms with E-state index in [9.17, 15) is 10.2 Å². The molecule has 0 unspecified atom stereocenters. The standard InChI is InChI=1S/C25H34N2O2/c1-16(2)20-10-18(5)24(28)22(12-20)14-26-8-7-9-27-15-23-13-21(17(3)4)11-19(6)25(23)29/h10-17,28-29H,7-9H2,1-6H3. The molecule has 0 saturated carbocycles. The van der Waals surface area contributed by atoms with Crippen molar-refractivity contribution in [3.63, 3.8) is 0 Å². The van der Waals surface area contributed by atoms with Gasteiger partial charge in [0.05, 0.1) is 0 Å². The smallest absolute Gasteiger partial charge is 0.127 e. The van der Waals surface area contributed by atoms with E-state index >= 15 is 0 Å². The van der Waals surface area contributed by atoms with Crippen molar-refractivity contribution in [3.8, 4) is 11.5 Å². The van der Waals surface area contributed by atoms with Gasteiger partial charge in [-0.2, -0.15) is 0 Å². The largest absolute Gasteiger partial charge is 0.507 e. The summed E-state index contributed by atoms with van der Waals surface area (Å²) in [5, 5.41) is 20.5. The molecule has 156 valence electrons. The van der Waals surface area contributed by atoms with Gasteiger partial charge in [0.1, 0.15) is 11.5 Å². The van der Waals surface area contributed by atoms with Crippen LogP contribution in [0.2, 0.25) is 0 Å². The second-order valence-corrected chi connectivity index (χ2v) is 8.28. The van der Waals surface area contributed by atoms with Crippen molar-refractivity contribution >= 4 is 12.4 Å². The fourth-order valence-corrected chi connectivity index (χ4v) is 3.11. The van der Waals surface area contributed by atoms with Crippen LogP contribution in [0.25, 0.3) is 0 Å². The summed E-state index contributed by atoms with van der Waals surface area (Å²) < 4.78 is 0. The van der Waals surface area contributed by atoms with Crippen molar-refractivity contribution < 1.29 is 10.2 Å². The summed E-state index contributed by atoms with van der Waals surface area (Å²) in [4.78, 5) is 8.90. The first-order valence-electron chi connectivity index (χ1n) is 10.4. The van der Waals surface area contributed by atoms with E-state index in [2.05, 4.69) is 37.7 Å². The van der Waals surface area contributed by atoms with Crippen LogP contribution in [0.1, 0.15) is 79.3 Å². The van der Waals surface area contributed by atoms with Crippen molar-refractivity contribution in [1.29, 1.82) is 0 Å². The number of hydrogen-bond acceptors (Lipinski definition) is 4. The van der Waals surface area contributed by atoms with Gasteiger partial charge in [-0.05, 0) is 66.5 Å². The van der Waals surface area contributed by atoms with Crippen molar-refractivity contribution in [3.05, 3.63) is 57.6 Å². The lowest BCUT2D eigenvalue weighted by atomic mass is 9.97. The van der Waals surface area contributed by atoms with Crippen LogP contribution in [0, 0.1) is 13.8 Å².